The van der Waals surface area contributed by atoms with E-state index in [1.54, 1.807) is 6.07 Å². The van der Waals surface area contributed by atoms with Crippen molar-refractivity contribution in [3.8, 4) is 11.3 Å². The van der Waals surface area contributed by atoms with Gasteiger partial charge in [-0.2, -0.15) is 0 Å². The molecule has 1 aromatic carbocycles. The van der Waals surface area contributed by atoms with Crippen LogP contribution >= 0.6 is 0 Å². The van der Waals surface area contributed by atoms with Crippen molar-refractivity contribution in [1.29, 1.82) is 0 Å². The third-order valence-corrected chi connectivity index (χ3v) is 9.86. The van der Waals surface area contributed by atoms with Crippen molar-refractivity contribution in [1.82, 2.24) is 19.0 Å². The van der Waals surface area contributed by atoms with Gasteiger partial charge in [-0.05, 0) is 59.0 Å². The zero-order chi connectivity index (χ0) is 28.1. The molecule has 0 unspecified atom stereocenters. The second kappa shape index (κ2) is 10.4. The van der Waals surface area contributed by atoms with Crippen molar-refractivity contribution in [2.24, 2.45) is 0 Å². The van der Waals surface area contributed by atoms with Gasteiger partial charge in [0.15, 0.2) is 0 Å². The van der Waals surface area contributed by atoms with Gasteiger partial charge in [-0.25, -0.2) is 4.98 Å². The lowest BCUT2D eigenvalue weighted by Crippen LogP contribution is -2.45. The fourth-order valence-electron chi connectivity index (χ4n) is 6.03. The molecule has 0 atom stereocenters. The zero-order valence-corrected chi connectivity index (χ0v) is 26.1. The number of hydrogen-bond acceptors (Lipinski definition) is 6. The molecular formula is C30H46N6O2Si. The van der Waals surface area contributed by atoms with Crippen LogP contribution in [0.25, 0.3) is 22.2 Å². The first-order valence-electron chi connectivity index (χ1n) is 14.4. The Bertz CT molecular complexity index is 1390. The summed E-state index contributed by atoms with van der Waals surface area (Å²) < 4.78 is 10.2. The van der Waals surface area contributed by atoms with E-state index >= 15 is 0 Å². The highest BCUT2D eigenvalue weighted by Crippen LogP contribution is 2.37. The molecule has 2 aliphatic heterocycles. The van der Waals surface area contributed by atoms with Gasteiger partial charge in [0, 0.05) is 75.8 Å². The smallest absolute Gasteiger partial charge is 0.255 e. The second-order valence-electron chi connectivity index (χ2n) is 13.5. The quantitative estimate of drug-likeness (QED) is 0.293. The standard InChI is InChI=1S/C30H46N6O2Si/c1-22(2)36-29-31-26(18-28(37)35(29)20-30(36,3)4)25-19-34(21-38-15-16-39(6,7)8)27-10-9-23(17-24(25)27)33-13-11-32(5)12-14-33/h9-10,17-19,22H,11-16,20-21H2,1-8H3. The number of anilines is 2. The van der Waals surface area contributed by atoms with E-state index in [2.05, 4.69) is 98.0 Å². The lowest BCUT2D eigenvalue weighted by Gasteiger charge is -2.35. The van der Waals surface area contributed by atoms with Gasteiger partial charge in [0.1, 0.15) is 6.73 Å². The van der Waals surface area contributed by atoms with E-state index in [1.807, 2.05) is 4.57 Å². The number of likely N-dealkylation sites (N-methyl/N-ethyl adjacent to an activating group) is 1. The van der Waals surface area contributed by atoms with E-state index in [4.69, 9.17) is 9.72 Å². The third kappa shape index (κ3) is 5.67. The van der Waals surface area contributed by atoms with E-state index in [0.29, 0.717) is 13.3 Å². The van der Waals surface area contributed by atoms with Crippen LogP contribution in [0.15, 0.2) is 35.3 Å². The lowest BCUT2D eigenvalue weighted by atomic mass is 10.0. The van der Waals surface area contributed by atoms with Crippen molar-refractivity contribution in [3.05, 3.63) is 40.8 Å². The number of piperazine rings is 1. The van der Waals surface area contributed by atoms with Gasteiger partial charge in [0.2, 0.25) is 5.95 Å². The topological polar surface area (TPSA) is 58.8 Å². The number of ether oxygens (including phenoxy) is 1. The van der Waals surface area contributed by atoms with Crippen LogP contribution in [0.5, 0.6) is 0 Å². The summed E-state index contributed by atoms with van der Waals surface area (Å²) in [5.74, 6) is 0.764. The van der Waals surface area contributed by atoms with Crippen LogP contribution in [-0.2, 0) is 18.0 Å². The molecule has 0 radical (unpaired) electrons. The number of rotatable bonds is 8. The molecule has 39 heavy (non-hydrogen) atoms. The maximum Gasteiger partial charge on any atom is 0.255 e. The molecular weight excluding hydrogens is 504 g/mol. The Kier molecular flexibility index (Phi) is 7.45. The van der Waals surface area contributed by atoms with Crippen molar-refractivity contribution >= 4 is 30.6 Å². The molecule has 0 amide bonds. The Morgan fingerprint density at radius 3 is 2.46 bits per heavy atom. The molecule has 212 valence electrons. The Morgan fingerprint density at radius 2 is 1.79 bits per heavy atom. The van der Waals surface area contributed by atoms with Crippen molar-refractivity contribution in [3.63, 3.8) is 0 Å². The maximum absolute atomic E-state index is 13.4. The molecule has 3 aromatic rings. The highest BCUT2D eigenvalue weighted by atomic mass is 28.3. The molecule has 1 fully saturated rings. The average molecular weight is 551 g/mol. The number of benzene rings is 1. The minimum atomic E-state index is -1.17. The fourth-order valence-corrected chi connectivity index (χ4v) is 6.78. The van der Waals surface area contributed by atoms with Crippen molar-refractivity contribution in [2.45, 2.75) is 78.2 Å². The first-order chi connectivity index (χ1) is 18.3. The van der Waals surface area contributed by atoms with Gasteiger partial charge in [-0.15, -0.1) is 0 Å². The van der Waals surface area contributed by atoms with E-state index in [9.17, 15) is 4.79 Å². The first-order valence-corrected chi connectivity index (χ1v) is 18.1. The number of hydrogen-bond donors (Lipinski definition) is 0. The molecule has 0 saturated carbocycles. The van der Waals surface area contributed by atoms with Crippen LogP contribution in [0.3, 0.4) is 0 Å². The minimum absolute atomic E-state index is 0.00809. The highest BCUT2D eigenvalue weighted by molar-refractivity contribution is 6.76. The van der Waals surface area contributed by atoms with Crippen molar-refractivity contribution in [2.75, 3.05) is 49.6 Å². The summed E-state index contributed by atoms with van der Waals surface area (Å²) in [6, 6.07) is 9.81. The SMILES string of the molecule is CC(C)N1c2nc(-c3cn(COCC[Si](C)(C)C)c4ccc(N5CCN(C)CC5)cc34)cc(=O)n2CC1(C)C. The Hall–Kier alpha value is -2.62. The van der Waals surface area contributed by atoms with E-state index in [0.717, 1.165) is 66.9 Å². The monoisotopic (exact) mass is 550 g/mol. The molecule has 0 bridgehead atoms. The van der Waals surface area contributed by atoms with Gasteiger partial charge >= 0.3 is 0 Å². The van der Waals surface area contributed by atoms with E-state index in [1.165, 1.54) is 5.69 Å². The predicted molar refractivity (Wildman–Crippen MR) is 165 cm³/mol. The Labute approximate surface area is 234 Å². The molecule has 9 heteroatoms. The number of aromatic nitrogens is 3. The van der Waals surface area contributed by atoms with Crippen molar-refractivity contribution < 1.29 is 4.74 Å². The number of nitrogens with zero attached hydrogens (tertiary/aromatic N) is 6. The maximum atomic E-state index is 13.4. The number of fused-ring (bicyclic) bond motifs is 2. The molecule has 8 nitrogen and oxygen atoms in total. The van der Waals surface area contributed by atoms with Crippen LogP contribution < -0.4 is 15.4 Å². The predicted octanol–water partition coefficient (Wildman–Crippen LogP) is 4.94. The van der Waals surface area contributed by atoms with Crippen LogP contribution in [-0.4, -0.2) is 78.5 Å². The molecule has 1 saturated heterocycles. The van der Waals surface area contributed by atoms with E-state index < -0.39 is 8.07 Å². The summed E-state index contributed by atoms with van der Waals surface area (Å²) in [5, 5.41) is 1.12. The highest BCUT2D eigenvalue weighted by Gasteiger charge is 2.39. The van der Waals surface area contributed by atoms with Crippen LogP contribution in [0.1, 0.15) is 27.7 Å². The molecule has 0 spiro atoms. The summed E-state index contributed by atoms with van der Waals surface area (Å²) in [6.07, 6.45) is 2.13. The van der Waals surface area contributed by atoms with Crippen LogP contribution in [0.4, 0.5) is 11.6 Å². The molecule has 0 N–H and O–H groups in total. The molecule has 5 rings (SSSR count). The fraction of sp³-hybridized carbons (Fsp3) is 0.600. The van der Waals surface area contributed by atoms with Crippen LogP contribution in [0, 0.1) is 0 Å². The summed E-state index contributed by atoms with van der Waals surface area (Å²) in [7, 11) is 1.01. The summed E-state index contributed by atoms with van der Waals surface area (Å²) in [5.41, 5.74) is 3.89. The second-order valence-corrected chi connectivity index (χ2v) is 19.1. The normalized spacial score (nSPS) is 18.0. The summed E-state index contributed by atoms with van der Waals surface area (Å²) in [4.78, 5) is 25.7. The molecule has 0 aliphatic carbocycles. The Morgan fingerprint density at radius 1 is 1.08 bits per heavy atom. The molecule has 2 aliphatic rings. The van der Waals surface area contributed by atoms with Gasteiger partial charge in [0.25, 0.3) is 5.56 Å². The molecule has 2 aromatic heterocycles. The van der Waals surface area contributed by atoms with Gasteiger partial charge < -0.3 is 24.0 Å². The van der Waals surface area contributed by atoms with Gasteiger partial charge in [-0.1, -0.05) is 19.6 Å². The zero-order valence-electron chi connectivity index (χ0n) is 25.1. The van der Waals surface area contributed by atoms with Gasteiger partial charge in [0.05, 0.1) is 23.3 Å². The van der Waals surface area contributed by atoms with Gasteiger partial charge in [-0.3, -0.25) is 9.36 Å². The Balaban J connectivity index is 1.57. The summed E-state index contributed by atoms with van der Waals surface area (Å²) >= 11 is 0. The summed E-state index contributed by atoms with van der Waals surface area (Å²) in [6.45, 7) is 21.9. The van der Waals surface area contributed by atoms with Crippen LogP contribution in [0.2, 0.25) is 25.7 Å². The van der Waals surface area contributed by atoms with E-state index in [-0.39, 0.29) is 17.1 Å². The molecule has 4 heterocycles. The average Bonchev–Trinajstić information content (AvgIpc) is 3.35. The first kappa shape index (κ1) is 27.9. The lowest BCUT2D eigenvalue weighted by molar-refractivity contribution is 0.0903. The third-order valence-electron chi connectivity index (χ3n) is 8.15. The largest absolute Gasteiger partial charge is 0.369 e. The minimum Gasteiger partial charge on any atom is -0.369 e.